The molecule has 200 valence electrons. The van der Waals surface area contributed by atoms with E-state index in [9.17, 15) is 13.2 Å². The number of carbonyl (C=O) groups is 1. The number of methoxy groups -OCH3 is 1. The Bertz CT molecular complexity index is 1380. The highest BCUT2D eigenvalue weighted by molar-refractivity contribution is 7.90. The number of piperidine rings is 1. The molecule has 1 aliphatic heterocycles. The Labute approximate surface area is 222 Å². The van der Waals surface area contributed by atoms with Crippen LogP contribution in [0.4, 0.5) is 10.6 Å². The number of hydrogen-bond donors (Lipinski definition) is 1. The first kappa shape index (κ1) is 27.2. The molecule has 1 fully saturated rings. The molecule has 10 nitrogen and oxygen atoms in total. The molecule has 1 saturated heterocycles. The summed E-state index contributed by atoms with van der Waals surface area (Å²) in [6.45, 7) is 8.11. The fourth-order valence-electron chi connectivity index (χ4n) is 4.34. The second-order valence-corrected chi connectivity index (χ2v) is 12.3. The van der Waals surface area contributed by atoms with E-state index in [-0.39, 0.29) is 27.9 Å². The molecule has 0 bridgehead atoms. The minimum absolute atomic E-state index is 0.0916. The van der Waals surface area contributed by atoms with Crippen LogP contribution in [0.15, 0.2) is 41.4 Å². The minimum Gasteiger partial charge on any atom is -0.444 e. The number of likely N-dealkylation sites (tertiary alicyclic amines) is 1. The van der Waals surface area contributed by atoms with Gasteiger partial charge in [0.05, 0.1) is 22.9 Å². The summed E-state index contributed by atoms with van der Waals surface area (Å²) >= 11 is 6.23. The summed E-state index contributed by atoms with van der Waals surface area (Å²) in [7, 11) is -2.30. The van der Waals surface area contributed by atoms with Crippen LogP contribution in [0.1, 0.15) is 39.2 Å². The summed E-state index contributed by atoms with van der Waals surface area (Å²) in [6.07, 6.45) is 2.45. The third-order valence-corrected chi connectivity index (χ3v) is 7.94. The normalized spacial score (nSPS) is 18.7. The van der Waals surface area contributed by atoms with Gasteiger partial charge in [-0.1, -0.05) is 17.7 Å². The number of fused-ring (bicyclic) bond motifs is 1. The van der Waals surface area contributed by atoms with Gasteiger partial charge in [-0.05, 0) is 70.3 Å². The molecular weight excluding hydrogens is 518 g/mol. The number of ether oxygens (including phenoxy) is 2. The molecule has 1 aromatic carbocycles. The molecule has 4 rings (SSSR count). The summed E-state index contributed by atoms with van der Waals surface area (Å²) in [5, 5.41) is 3.76. The Morgan fingerprint density at radius 3 is 2.51 bits per heavy atom. The molecule has 2 atom stereocenters. The molecule has 3 heterocycles. The summed E-state index contributed by atoms with van der Waals surface area (Å²) < 4.78 is 38.7. The highest BCUT2D eigenvalue weighted by Crippen LogP contribution is 2.29. The molecule has 1 N–H and O–H groups in total. The van der Waals surface area contributed by atoms with Crippen molar-refractivity contribution in [1.82, 2.24) is 18.8 Å². The first-order valence-electron chi connectivity index (χ1n) is 12.0. The number of anilines is 1. The van der Waals surface area contributed by atoms with E-state index in [0.717, 1.165) is 16.0 Å². The molecule has 0 radical (unpaired) electrons. The number of halogens is 1. The van der Waals surface area contributed by atoms with Crippen LogP contribution in [0.3, 0.4) is 0 Å². The zero-order chi connectivity index (χ0) is 27.0. The van der Waals surface area contributed by atoms with Gasteiger partial charge in [0.15, 0.2) is 5.65 Å². The molecule has 37 heavy (non-hydrogen) atoms. The van der Waals surface area contributed by atoms with Gasteiger partial charge in [-0.25, -0.2) is 22.2 Å². The van der Waals surface area contributed by atoms with Crippen molar-refractivity contribution in [1.29, 1.82) is 0 Å². The van der Waals surface area contributed by atoms with E-state index in [0.29, 0.717) is 30.8 Å². The molecular formula is C25H32ClN5O5S. The second kappa shape index (κ2) is 10.5. The maximum atomic E-state index is 13.3. The van der Waals surface area contributed by atoms with E-state index >= 15 is 0 Å². The highest BCUT2D eigenvalue weighted by atomic mass is 35.5. The second-order valence-electron chi connectivity index (χ2n) is 10.2. The van der Waals surface area contributed by atoms with Gasteiger partial charge in [0, 0.05) is 25.9 Å². The van der Waals surface area contributed by atoms with Gasteiger partial charge in [-0.15, -0.1) is 0 Å². The zero-order valence-electron chi connectivity index (χ0n) is 21.6. The van der Waals surface area contributed by atoms with Gasteiger partial charge < -0.3 is 19.7 Å². The van der Waals surface area contributed by atoms with E-state index < -0.39 is 21.7 Å². The Balaban J connectivity index is 1.63. The number of rotatable bonds is 6. The number of aryl methyl sites for hydroxylation is 1. The molecule has 3 aromatic rings. The predicted molar refractivity (Wildman–Crippen MR) is 142 cm³/mol. The lowest BCUT2D eigenvalue weighted by Gasteiger charge is -2.40. The molecule has 0 unspecified atom stereocenters. The number of amides is 1. The van der Waals surface area contributed by atoms with Gasteiger partial charge in [-0.2, -0.15) is 4.98 Å². The molecule has 1 aliphatic rings. The predicted octanol–water partition coefficient (Wildman–Crippen LogP) is 4.46. The smallest absolute Gasteiger partial charge is 0.410 e. The molecule has 1 amide bonds. The fourth-order valence-corrected chi connectivity index (χ4v) is 5.80. The van der Waals surface area contributed by atoms with Crippen LogP contribution in [0, 0.1) is 6.92 Å². The van der Waals surface area contributed by atoms with E-state index in [2.05, 4.69) is 15.3 Å². The lowest BCUT2D eigenvalue weighted by Crippen LogP contribution is -2.53. The Kier molecular flexibility index (Phi) is 7.68. The van der Waals surface area contributed by atoms with Crippen molar-refractivity contribution in [2.75, 3.05) is 25.6 Å². The van der Waals surface area contributed by atoms with Crippen LogP contribution >= 0.6 is 11.6 Å². The highest BCUT2D eigenvalue weighted by Gasteiger charge is 2.35. The standard InChI is InChI=1S/C25H32ClN5O5S/c1-16-6-10-19(11-7-16)37(33,34)31-13-12-20-21(28-23(26)29-22(20)31)27-17-8-9-18(15-35-5)30(14-17)24(32)36-25(2,3)4/h6-7,10-13,17-18H,8-9,14-15H2,1-5H3,(H,27,28,29)/t17-,18-/m1/s1. The number of carbonyl (C=O) groups excluding carboxylic acids is 1. The van der Waals surface area contributed by atoms with Crippen LogP contribution in [-0.2, 0) is 19.5 Å². The third-order valence-electron chi connectivity index (χ3n) is 6.10. The van der Waals surface area contributed by atoms with Crippen molar-refractivity contribution >= 4 is 44.6 Å². The number of benzene rings is 1. The van der Waals surface area contributed by atoms with Crippen LogP contribution < -0.4 is 5.32 Å². The molecule has 0 spiro atoms. The van der Waals surface area contributed by atoms with Gasteiger partial charge >= 0.3 is 6.09 Å². The summed E-state index contributed by atoms with van der Waals surface area (Å²) in [5.41, 5.74) is 0.488. The van der Waals surface area contributed by atoms with Gasteiger partial charge in [0.2, 0.25) is 5.28 Å². The number of aromatic nitrogens is 3. The van der Waals surface area contributed by atoms with Crippen molar-refractivity contribution < 1.29 is 22.7 Å². The first-order valence-corrected chi connectivity index (χ1v) is 13.8. The van der Waals surface area contributed by atoms with Crippen molar-refractivity contribution in [2.24, 2.45) is 0 Å². The van der Waals surface area contributed by atoms with Crippen LogP contribution in [0.2, 0.25) is 5.28 Å². The fraction of sp³-hybridized carbons (Fsp3) is 0.480. The maximum absolute atomic E-state index is 13.3. The van der Waals surface area contributed by atoms with E-state index in [4.69, 9.17) is 21.1 Å². The van der Waals surface area contributed by atoms with Crippen molar-refractivity contribution in [3.8, 4) is 0 Å². The van der Waals surface area contributed by atoms with Crippen molar-refractivity contribution in [3.63, 3.8) is 0 Å². The molecule has 12 heteroatoms. The quantitative estimate of drug-likeness (QED) is 0.448. The average molecular weight is 550 g/mol. The topological polar surface area (TPSA) is 116 Å². The average Bonchev–Trinajstić information content (AvgIpc) is 3.24. The Morgan fingerprint density at radius 1 is 1.16 bits per heavy atom. The number of hydrogen-bond acceptors (Lipinski definition) is 8. The summed E-state index contributed by atoms with van der Waals surface area (Å²) in [6, 6.07) is 7.94. The molecule has 0 saturated carbocycles. The van der Waals surface area contributed by atoms with Crippen LogP contribution in [0.5, 0.6) is 0 Å². The lowest BCUT2D eigenvalue weighted by molar-refractivity contribution is -0.00382. The number of nitrogens with one attached hydrogen (secondary N) is 1. The van der Waals surface area contributed by atoms with E-state index in [1.807, 2.05) is 27.7 Å². The molecule has 0 aliphatic carbocycles. The largest absolute Gasteiger partial charge is 0.444 e. The van der Waals surface area contributed by atoms with Gasteiger partial charge in [-0.3, -0.25) is 0 Å². The Morgan fingerprint density at radius 2 is 1.86 bits per heavy atom. The van der Waals surface area contributed by atoms with Crippen LogP contribution in [-0.4, -0.2) is 71.3 Å². The third kappa shape index (κ3) is 6.00. The summed E-state index contributed by atoms with van der Waals surface area (Å²) in [5.74, 6) is 0.396. The first-order chi connectivity index (χ1) is 17.4. The monoisotopic (exact) mass is 549 g/mol. The van der Waals surface area contributed by atoms with E-state index in [1.165, 1.54) is 6.20 Å². The SMILES string of the molecule is COC[C@H]1CC[C@@H](Nc2nc(Cl)nc3c2ccn3S(=O)(=O)c2ccc(C)cc2)CN1C(=O)OC(C)(C)C. The zero-order valence-corrected chi connectivity index (χ0v) is 23.1. The minimum atomic E-state index is -3.90. The molecule has 2 aromatic heterocycles. The van der Waals surface area contributed by atoms with Gasteiger partial charge in [0.1, 0.15) is 11.4 Å². The Hall–Kier alpha value is -2.89. The lowest BCUT2D eigenvalue weighted by atomic mass is 9.99. The van der Waals surface area contributed by atoms with Gasteiger partial charge in [0.25, 0.3) is 10.0 Å². The number of nitrogens with zero attached hydrogens (tertiary/aromatic N) is 4. The van der Waals surface area contributed by atoms with Crippen molar-refractivity contribution in [3.05, 3.63) is 47.4 Å². The summed E-state index contributed by atoms with van der Waals surface area (Å²) in [4.78, 5) is 23.3. The van der Waals surface area contributed by atoms with Crippen LogP contribution in [0.25, 0.3) is 11.0 Å². The maximum Gasteiger partial charge on any atom is 0.410 e. The van der Waals surface area contributed by atoms with Crippen molar-refractivity contribution in [2.45, 2.75) is 63.1 Å². The van der Waals surface area contributed by atoms with E-state index in [1.54, 1.807) is 42.3 Å².